The Hall–Kier alpha value is -0.320. The van der Waals surface area contributed by atoms with Gasteiger partial charge in [-0.2, -0.15) is 0 Å². The fraction of sp³-hybridized carbons (Fsp3) is 0.571. The molecule has 1 fully saturated rings. The van der Waals surface area contributed by atoms with E-state index in [1.165, 1.54) is 0 Å². The molecule has 1 aromatic carbocycles. The van der Waals surface area contributed by atoms with Crippen molar-refractivity contribution in [1.29, 1.82) is 0 Å². The van der Waals surface area contributed by atoms with Crippen LogP contribution in [-0.4, -0.2) is 43.3 Å². The van der Waals surface area contributed by atoms with Gasteiger partial charge in [0.1, 0.15) is 0 Å². The minimum absolute atomic E-state index is 0.0426. The zero-order valence-corrected chi connectivity index (χ0v) is 12.6. The van der Waals surface area contributed by atoms with Gasteiger partial charge >= 0.3 is 0 Å². The molecule has 1 aliphatic rings. The molecule has 1 aliphatic heterocycles. The van der Waals surface area contributed by atoms with Crippen LogP contribution in [-0.2, 0) is 11.2 Å². The van der Waals surface area contributed by atoms with Gasteiger partial charge in [0.05, 0.1) is 12.7 Å². The Kier molecular flexibility index (Phi) is 5.48. The Labute approximate surface area is 124 Å². The molecule has 2 unspecified atom stereocenters. The SMILES string of the molecule is CCN1CCOC(C(N)Cc2c(Cl)cccc2Cl)C1. The topological polar surface area (TPSA) is 38.5 Å². The van der Waals surface area contributed by atoms with Crippen molar-refractivity contribution in [2.45, 2.75) is 25.5 Å². The van der Waals surface area contributed by atoms with Crippen LogP contribution < -0.4 is 5.73 Å². The molecular weight excluding hydrogens is 283 g/mol. The van der Waals surface area contributed by atoms with Gasteiger partial charge in [0, 0.05) is 29.2 Å². The second-order valence-electron chi connectivity index (χ2n) is 4.87. The molecule has 3 nitrogen and oxygen atoms in total. The normalized spacial score (nSPS) is 22.4. The monoisotopic (exact) mass is 302 g/mol. The predicted octanol–water partition coefficient (Wildman–Crippen LogP) is 2.58. The Morgan fingerprint density at radius 3 is 2.74 bits per heavy atom. The molecular formula is C14H20Cl2N2O. The number of halogens is 2. The smallest absolute Gasteiger partial charge is 0.0856 e. The number of benzene rings is 1. The third-order valence-electron chi connectivity index (χ3n) is 3.60. The first-order chi connectivity index (χ1) is 9.11. The van der Waals surface area contributed by atoms with Crippen LogP contribution in [0.25, 0.3) is 0 Å². The highest BCUT2D eigenvalue weighted by Gasteiger charge is 2.26. The van der Waals surface area contributed by atoms with Gasteiger partial charge in [0.2, 0.25) is 0 Å². The second-order valence-corrected chi connectivity index (χ2v) is 5.69. The summed E-state index contributed by atoms with van der Waals surface area (Å²) in [5, 5.41) is 1.34. The van der Waals surface area contributed by atoms with Crippen LogP contribution in [0.2, 0.25) is 10.0 Å². The molecule has 0 radical (unpaired) electrons. The summed E-state index contributed by atoms with van der Waals surface area (Å²) in [5.74, 6) is 0. The lowest BCUT2D eigenvalue weighted by molar-refractivity contribution is -0.0385. The van der Waals surface area contributed by atoms with E-state index in [0.717, 1.165) is 31.8 Å². The standard InChI is InChI=1S/C14H20Cl2N2O/c1-2-18-6-7-19-14(9-18)13(17)8-10-11(15)4-3-5-12(10)16/h3-5,13-14H,2,6-9,17H2,1H3. The van der Waals surface area contributed by atoms with Crippen LogP contribution >= 0.6 is 23.2 Å². The highest BCUT2D eigenvalue weighted by atomic mass is 35.5. The molecule has 106 valence electrons. The van der Waals surface area contributed by atoms with Crippen LogP contribution in [0.3, 0.4) is 0 Å². The number of rotatable bonds is 4. The van der Waals surface area contributed by atoms with Crippen molar-refractivity contribution in [1.82, 2.24) is 4.90 Å². The van der Waals surface area contributed by atoms with Crippen molar-refractivity contribution in [3.05, 3.63) is 33.8 Å². The maximum Gasteiger partial charge on any atom is 0.0856 e. The Morgan fingerprint density at radius 1 is 1.42 bits per heavy atom. The zero-order valence-electron chi connectivity index (χ0n) is 11.1. The lowest BCUT2D eigenvalue weighted by atomic mass is 10.0. The summed E-state index contributed by atoms with van der Waals surface area (Å²) in [7, 11) is 0. The van der Waals surface area contributed by atoms with Crippen LogP contribution in [0.1, 0.15) is 12.5 Å². The molecule has 0 amide bonds. The van der Waals surface area contributed by atoms with E-state index < -0.39 is 0 Å². The maximum atomic E-state index is 6.27. The largest absolute Gasteiger partial charge is 0.374 e. The third kappa shape index (κ3) is 3.83. The molecule has 1 aromatic rings. The van der Waals surface area contributed by atoms with E-state index in [4.69, 9.17) is 33.7 Å². The molecule has 2 N–H and O–H groups in total. The van der Waals surface area contributed by atoms with E-state index in [-0.39, 0.29) is 12.1 Å². The molecule has 1 saturated heterocycles. The van der Waals surface area contributed by atoms with Gasteiger partial charge in [-0.25, -0.2) is 0 Å². The van der Waals surface area contributed by atoms with Crippen LogP contribution in [0.4, 0.5) is 0 Å². The number of morpholine rings is 1. The van der Waals surface area contributed by atoms with Crippen molar-refractivity contribution >= 4 is 23.2 Å². The third-order valence-corrected chi connectivity index (χ3v) is 4.31. The Bertz CT molecular complexity index is 408. The number of hydrogen-bond acceptors (Lipinski definition) is 3. The number of nitrogens with two attached hydrogens (primary N) is 1. The average Bonchev–Trinajstić information content (AvgIpc) is 2.43. The predicted molar refractivity (Wildman–Crippen MR) is 80.0 cm³/mol. The second kappa shape index (κ2) is 6.91. The van der Waals surface area contributed by atoms with Crippen LogP contribution in [0.15, 0.2) is 18.2 Å². The van der Waals surface area contributed by atoms with Crippen molar-refractivity contribution in [2.75, 3.05) is 26.2 Å². The number of hydrogen-bond donors (Lipinski definition) is 1. The van der Waals surface area contributed by atoms with Gasteiger partial charge in [-0.3, -0.25) is 4.90 Å². The minimum Gasteiger partial charge on any atom is -0.374 e. The molecule has 0 aromatic heterocycles. The first-order valence-corrected chi connectivity index (χ1v) is 7.39. The van der Waals surface area contributed by atoms with E-state index in [1.807, 2.05) is 18.2 Å². The van der Waals surface area contributed by atoms with Crippen LogP contribution in [0.5, 0.6) is 0 Å². The first-order valence-electron chi connectivity index (χ1n) is 6.64. The lowest BCUT2D eigenvalue weighted by Crippen LogP contribution is -2.51. The van der Waals surface area contributed by atoms with Crippen LogP contribution in [0, 0.1) is 0 Å². The summed E-state index contributed by atoms with van der Waals surface area (Å²) in [6.07, 6.45) is 0.682. The van der Waals surface area contributed by atoms with Crippen molar-refractivity contribution in [3.63, 3.8) is 0 Å². The summed E-state index contributed by atoms with van der Waals surface area (Å²) in [4.78, 5) is 2.35. The Morgan fingerprint density at radius 2 is 2.11 bits per heavy atom. The van der Waals surface area contributed by atoms with Crippen molar-refractivity contribution in [2.24, 2.45) is 5.73 Å². The fourth-order valence-electron chi connectivity index (χ4n) is 2.37. The van der Waals surface area contributed by atoms with Crippen molar-refractivity contribution < 1.29 is 4.74 Å². The average molecular weight is 303 g/mol. The van der Waals surface area contributed by atoms with E-state index in [9.17, 15) is 0 Å². The minimum atomic E-state index is -0.0910. The van der Waals surface area contributed by atoms with Gasteiger partial charge in [-0.15, -0.1) is 0 Å². The molecule has 0 saturated carbocycles. The summed E-state index contributed by atoms with van der Waals surface area (Å²) < 4.78 is 5.77. The molecule has 19 heavy (non-hydrogen) atoms. The first kappa shape index (κ1) is 15.1. The van der Waals surface area contributed by atoms with Gasteiger partial charge in [-0.05, 0) is 30.7 Å². The molecule has 0 aliphatic carbocycles. The Balaban J connectivity index is 2.02. The summed E-state index contributed by atoms with van der Waals surface area (Å²) in [5.41, 5.74) is 7.18. The van der Waals surface area contributed by atoms with Gasteiger partial charge in [-0.1, -0.05) is 36.2 Å². The molecule has 2 rings (SSSR count). The van der Waals surface area contributed by atoms with E-state index in [0.29, 0.717) is 16.5 Å². The van der Waals surface area contributed by atoms with Gasteiger partial charge in [0.15, 0.2) is 0 Å². The maximum absolute atomic E-state index is 6.27. The fourth-order valence-corrected chi connectivity index (χ4v) is 2.92. The molecule has 1 heterocycles. The summed E-state index contributed by atoms with van der Waals surface area (Å²) in [6, 6.07) is 5.44. The highest BCUT2D eigenvalue weighted by molar-refractivity contribution is 6.36. The highest BCUT2D eigenvalue weighted by Crippen LogP contribution is 2.26. The summed E-state index contributed by atoms with van der Waals surface area (Å²) >= 11 is 12.4. The molecule has 5 heteroatoms. The van der Waals surface area contributed by atoms with Gasteiger partial charge in [0.25, 0.3) is 0 Å². The zero-order chi connectivity index (χ0) is 13.8. The molecule has 0 bridgehead atoms. The summed E-state index contributed by atoms with van der Waals surface area (Å²) in [6.45, 7) is 5.77. The molecule has 0 spiro atoms. The number of nitrogens with zero attached hydrogens (tertiary/aromatic N) is 1. The van der Waals surface area contributed by atoms with Crippen molar-refractivity contribution in [3.8, 4) is 0 Å². The van der Waals surface area contributed by atoms with E-state index >= 15 is 0 Å². The van der Waals surface area contributed by atoms with E-state index in [2.05, 4.69) is 11.8 Å². The molecule has 2 atom stereocenters. The van der Waals surface area contributed by atoms with E-state index in [1.54, 1.807) is 0 Å². The quantitative estimate of drug-likeness (QED) is 0.929. The number of likely N-dealkylation sites (N-methyl/N-ethyl adjacent to an activating group) is 1. The lowest BCUT2D eigenvalue weighted by Gasteiger charge is -2.35. The number of ether oxygens (including phenoxy) is 1. The van der Waals surface area contributed by atoms with Gasteiger partial charge < -0.3 is 10.5 Å².